The quantitative estimate of drug-likeness (QED) is 0.0280. The highest BCUT2D eigenvalue weighted by Crippen LogP contribution is 2.43. The number of carbonyl (C=O) groups excluding carboxylic acids is 2. The SMILES string of the molecule is CC/C=C\C/C=C\C/C=C\C/C=C\CCCCCCCCC(=O)OC(COC(=O)CC/C=C\C/C=C\C/C=C\C/C=C\CC)COP(=O)(O)OCCN. The fourth-order valence-corrected chi connectivity index (χ4v) is 5.40. The minimum Gasteiger partial charge on any atom is -0.462 e. The van der Waals surface area contributed by atoms with Gasteiger partial charge in [0.2, 0.25) is 0 Å². The van der Waals surface area contributed by atoms with Crippen LogP contribution in [0.4, 0.5) is 0 Å². The second kappa shape index (κ2) is 38.6. The molecule has 0 aromatic rings. The number of hydrogen-bond acceptors (Lipinski definition) is 8. The summed E-state index contributed by atoms with van der Waals surface area (Å²) in [6.07, 6.45) is 48.8. The summed E-state index contributed by atoms with van der Waals surface area (Å²) in [5, 5.41) is 0. The summed E-state index contributed by atoms with van der Waals surface area (Å²) >= 11 is 0. The molecule has 0 aromatic carbocycles. The van der Waals surface area contributed by atoms with Crippen molar-refractivity contribution in [3.8, 4) is 0 Å². The van der Waals surface area contributed by atoms with Crippen LogP contribution >= 0.6 is 7.82 Å². The Morgan fingerprint density at radius 1 is 0.566 bits per heavy atom. The van der Waals surface area contributed by atoms with E-state index < -0.39 is 32.5 Å². The zero-order chi connectivity index (χ0) is 38.9. The van der Waals surface area contributed by atoms with Gasteiger partial charge < -0.3 is 20.1 Å². The lowest BCUT2D eigenvalue weighted by Gasteiger charge is -2.19. The van der Waals surface area contributed by atoms with Crippen LogP contribution < -0.4 is 5.73 Å². The normalized spacial score (nSPS) is 14.4. The van der Waals surface area contributed by atoms with Gasteiger partial charge in [0.05, 0.1) is 13.2 Å². The van der Waals surface area contributed by atoms with Crippen LogP contribution in [0.2, 0.25) is 0 Å². The molecule has 0 aliphatic carbocycles. The number of ether oxygens (including phenoxy) is 2. The van der Waals surface area contributed by atoms with Gasteiger partial charge in [-0.15, -0.1) is 0 Å². The number of phosphoric ester groups is 1. The molecular formula is C43H70NO8P. The third-order valence-corrected chi connectivity index (χ3v) is 8.46. The Bertz CT molecular complexity index is 1180. The summed E-state index contributed by atoms with van der Waals surface area (Å²) in [5.41, 5.74) is 5.33. The summed E-state index contributed by atoms with van der Waals surface area (Å²) in [6.45, 7) is 3.36. The number of hydrogen-bond donors (Lipinski definition) is 2. The molecule has 3 N–H and O–H groups in total. The number of phosphoric acid groups is 1. The first-order chi connectivity index (χ1) is 25.8. The Kier molecular flexibility index (Phi) is 36.4. The van der Waals surface area contributed by atoms with Crippen molar-refractivity contribution in [3.63, 3.8) is 0 Å². The summed E-state index contributed by atoms with van der Waals surface area (Å²) in [4.78, 5) is 34.7. The monoisotopic (exact) mass is 759 g/mol. The number of carbonyl (C=O) groups is 2. The van der Waals surface area contributed by atoms with Gasteiger partial charge in [0.25, 0.3) is 0 Å². The van der Waals surface area contributed by atoms with Gasteiger partial charge in [-0.3, -0.25) is 18.6 Å². The largest absolute Gasteiger partial charge is 0.472 e. The van der Waals surface area contributed by atoms with Crippen LogP contribution in [0.1, 0.15) is 129 Å². The van der Waals surface area contributed by atoms with Gasteiger partial charge >= 0.3 is 19.8 Å². The second-order valence-electron chi connectivity index (χ2n) is 12.4. The molecule has 0 heterocycles. The molecule has 9 nitrogen and oxygen atoms in total. The van der Waals surface area contributed by atoms with Gasteiger partial charge in [-0.2, -0.15) is 0 Å². The zero-order valence-corrected chi connectivity index (χ0v) is 33.6. The van der Waals surface area contributed by atoms with Crippen molar-refractivity contribution in [1.29, 1.82) is 0 Å². The van der Waals surface area contributed by atoms with Crippen molar-refractivity contribution in [2.45, 2.75) is 136 Å². The smallest absolute Gasteiger partial charge is 0.462 e. The Morgan fingerprint density at radius 3 is 1.53 bits per heavy atom. The van der Waals surface area contributed by atoms with Crippen LogP contribution in [-0.2, 0) is 32.7 Å². The first kappa shape index (κ1) is 49.9. The van der Waals surface area contributed by atoms with Crippen molar-refractivity contribution >= 4 is 19.8 Å². The molecule has 0 amide bonds. The van der Waals surface area contributed by atoms with E-state index in [1.807, 2.05) is 12.2 Å². The molecule has 0 saturated heterocycles. The Hall–Kier alpha value is -3.07. The summed E-state index contributed by atoms with van der Waals surface area (Å²) < 4.78 is 32.6. The number of allylic oxidation sites excluding steroid dienone is 16. The first-order valence-electron chi connectivity index (χ1n) is 19.7. The number of unbranched alkanes of at least 4 members (excludes halogenated alkanes) is 6. The molecule has 0 rings (SSSR count). The highest BCUT2D eigenvalue weighted by Gasteiger charge is 2.25. The third kappa shape index (κ3) is 38.5. The molecule has 300 valence electrons. The van der Waals surface area contributed by atoms with E-state index in [2.05, 4.69) is 98.9 Å². The highest BCUT2D eigenvalue weighted by atomic mass is 31.2. The molecule has 2 atom stereocenters. The molecular weight excluding hydrogens is 689 g/mol. The molecule has 0 fully saturated rings. The maximum Gasteiger partial charge on any atom is 0.472 e. The third-order valence-electron chi connectivity index (χ3n) is 7.48. The number of esters is 2. The van der Waals surface area contributed by atoms with E-state index in [1.54, 1.807) is 0 Å². The van der Waals surface area contributed by atoms with Crippen LogP contribution in [0.25, 0.3) is 0 Å². The van der Waals surface area contributed by atoms with Gasteiger partial charge in [-0.1, -0.05) is 137 Å². The molecule has 10 heteroatoms. The fourth-order valence-electron chi connectivity index (χ4n) is 4.64. The second-order valence-corrected chi connectivity index (χ2v) is 13.8. The predicted molar refractivity (Wildman–Crippen MR) is 219 cm³/mol. The van der Waals surface area contributed by atoms with E-state index in [9.17, 15) is 19.0 Å². The van der Waals surface area contributed by atoms with Gasteiger partial charge in [0.1, 0.15) is 6.61 Å². The number of nitrogens with two attached hydrogens (primary N) is 1. The maximum absolute atomic E-state index is 12.5. The molecule has 0 aliphatic rings. The van der Waals surface area contributed by atoms with E-state index >= 15 is 0 Å². The van der Waals surface area contributed by atoms with E-state index in [-0.39, 0.29) is 32.6 Å². The summed E-state index contributed by atoms with van der Waals surface area (Å²) in [6, 6.07) is 0. The average Bonchev–Trinajstić information content (AvgIpc) is 3.14. The minimum atomic E-state index is -4.40. The van der Waals surface area contributed by atoms with Crippen LogP contribution in [0.15, 0.2) is 97.2 Å². The minimum absolute atomic E-state index is 0.0362. The Balaban J connectivity index is 4.33. The van der Waals surface area contributed by atoms with Gasteiger partial charge in [-0.05, 0) is 77.0 Å². The van der Waals surface area contributed by atoms with Crippen molar-refractivity contribution in [3.05, 3.63) is 97.2 Å². The zero-order valence-electron chi connectivity index (χ0n) is 32.7. The summed E-state index contributed by atoms with van der Waals surface area (Å²) in [7, 11) is -4.40. The molecule has 2 unspecified atom stereocenters. The topological polar surface area (TPSA) is 134 Å². The first-order valence-corrected chi connectivity index (χ1v) is 21.2. The van der Waals surface area contributed by atoms with Gasteiger partial charge in [0, 0.05) is 19.4 Å². The number of rotatable bonds is 35. The molecule has 0 radical (unpaired) electrons. The van der Waals surface area contributed by atoms with Crippen molar-refractivity contribution < 1.29 is 37.6 Å². The van der Waals surface area contributed by atoms with Crippen molar-refractivity contribution in [1.82, 2.24) is 0 Å². The van der Waals surface area contributed by atoms with Crippen LogP contribution in [0.5, 0.6) is 0 Å². The lowest BCUT2D eigenvalue weighted by atomic mass is 10.1. The highest BCUT2D eigenvalue weighted by molar-refractivity contribution is 7.47. The van der Waals surface area contributed by atoms with E-state index in [0.717, 1.165) is 89.9 Å². The van der Waals surface area contributed by atoms with E-state index in [4.69, 9.17) is 24.3 Å². The standard InChI is InChI=1S/C43H70NO8P/c1-3-5-7-9-11-13-15-17-18-19-20-21-22-24-26-28-30-32-34-36-43(46)52-41(40-51-53(47,48)50-38-37-44)39-49-42(45)35-33-31-29-27-25-23-16-14-12-10-8-6-4-2/h5-8,11-14,17-18,20-21,23,25,29,31,41H,3-4,9-10,15-16,19,22,24,26-28,30,32-40,44H2,1-2H3,(H,47,48)/b7-5-,8-6-,13-11-,14-12-,18-17-,21-20-,25-23-,31-29-. The van der Waals surface area contributed by atoms with Crippen molar-refractivity contribution in [2.75, 3.05) is 26.4 Å². The fraction of sp³-hybridized carbons (Fsp3) is 0.581. The van der Waals surface area contributed by atoms with Gasteiger partial charge in [-0.25, -0.2) is 4.57 Å². The Labute approximate surface area is 321 Å². The van der Waals surface area contributed by atoms with Gasteiger partial charge in [0.15, 0.2) is 6.10 Å². The predicted octanol–water partition coefficient (Wildman–Crippen LogP) is 11.0. The van der Waals surface area contributed by atoms with E-state index in [1.165, 1.54) is 0 Å². The van der Waals surface area contributed by atoms with Crippen LogP contribution in [0, 0.1) is 0 Å². The maximum atomic E-state index is 12.5. The average molecular weight is 760 g/mol. The lowest BCUT2D eigenvalue weighted by Crippen LogP contribution is -2.29. The molecule has 0 spiro atoms. The lowest BCUT2D eigenvalue weighted by molar-refractivity contribution is -0.161. The van der Waals surface area contributed by atoms with Crippen molar-refractivity contribution in [2.24, 2.45) is 5.73 Å². The molecule has 0 bridgehead atoms. The van der Waals surface area contributed by atoms with Crippen LogP contribution in [0.3, 0.4) is 0 Å². The van der Waals surface area contributed by atoms with E-state index in [0.29, 0.717) is 12.8 Å². The Morgan fingerprint density at radius 2 is 1.02 bits per heavy atom. The molecule has 0 aliphatic heterocycles. The summed E-state index contributed by atoms with van der Waals surface area (Å²) in [5.74, 6) is -0.952. The van der Waals surface area contributed by atoms with Crippen LogP contribution in [-0.4, -0.2) is 49.3 Å². The molecule has 0 saturated carbocycles. The molecule has 53 heavy (non-hydrogen) atoms. The molecule has 0 aromatic heterocycles.